The van der Waals surface area contributed by atoms with Crippen LogP contribution in [0.4, 0.5) is 0 Å². The van der Waals surface area contributed by atoms with Crippen LogP contribution in [0.2, 0.25) is 0 Å². The van der Waals surface area contributed by atoms with Crippen molar-refractivity contribution in [1.82, 2.24) is 14.9 Å². The van der Waals surface area contributed by atoms with E-state index in [1.54, 1.807) is 18.7 Å². The predicted molar refractivity (Wildman–Crippen MR) is 89.8 cm³/mol. The van der Waals surface area contributed by atoms with Gasteiger partial charge in [-0.25, -0.2) is 8.42 Å². The molecule has 3 amide bonds. The van der Waals surface area contributed by atoms with E-state index in [2.05, 4.69) is 10.0 Å². The van der Waals surface area contributed by atoms with Gasteiger partial charge < -0.3 is 10.2 Å². The Morgan fingerprint density at radius 2 is 1.84 bits per heavy atom. The third kappa shape index (κ3) is 3.38. The van der Waals surface area contributed by atoms with Gasteiger partial charge in [-0.2, -0.15) is 0 Å². The van der Waals surface area contributed by atoms with Crippen LogP contribution < -0.4 is 10.0 Å². The molecule has 25 heavy (non-hydrogen) atoms. The largest absolute Gasteiger partial charge is 0.340 e. The Kier molecular flexibility index (Phi) is 4.55. The molecule has 3 rings (SSSR count). The standard InChI is InChI=1S/C16H25N3O5S/c1-3-13(20)19-8-4-5-12(19)14(21)17-16(9-10(16)2)15(22)18-25(23,24)11-6-7-11/h10-12H,3-9H2,1-2H3,(H,17,21)(H,18,22). The third-order valence-corrected chi connectivity index (χ3v) is 7.26. The number of carbonyl (C=O) groups is 3. The highest BCUT2D eigenvalue weighted by molar-refractivity contribution is 7.90. The summed E-state index contributed by atoms with van der Waals surface area (Å²) in [5.74, 6) is -1.26. The van der Waals surface area contributed by atoms with Crippen LogP contribution in [0.3, 0.4) is 0 Å². The number of carbonyl (C=O) groups excluding carboxylic acids is 3. The van der Waals surface area contributed by atoms with Crippen LogP contribution in [0.1, 0.15) is 52.4 Å². The fourth-order valence-corrected chi connectivity index (χ4v) is 4.86. The van der Waals surface area contributed by atoms with Gasteiger partial charge in [0.1, 0.15) is 11.6 Å². The quantitative estimate of drug-likeness (QED) is 0.676. The van der Waals surface area contributed by atoms with Crippen molar-refractivity contribution in [1.29, 1.82) is 0 Å². The van der Waals surface area contributed by atoms with Gasteiger partial charge in [-0.3, -0.25) is 19.1 Å². The number of likely N-dealkylation sites (tertiary alicyclic amines) is 1. The Balaban J connectivity index is 1.68. The topological polar surface area (TPSA) is 113 Å². The lowest BCUT2D eigenvalue weighted by Gasteiger charge is -2.26. The first kappa shape index (κ1) is 18.2. The van der Waals surface area contributed by atoms with Gasteiger partial charge in [-0.15, -0.1) is 0 Å². The summed E-state index contributed by atoms with van der Waals surface area (Å²) in [7, 11) is -3.65. The van der Waals surface area contributed by atoms with Gasteiger partial charge in [0.25, 0.3) is 5.91 Å². The minimum atomic E-state index is -3.65. The van der Waals surface area contributed by atoms with E-state index in [9.17, 15) is 22.8 Å². The van der Waals surface area contributed by atoms with E-state index in [1.807, 2.05) is 0 Å². The molecule has 0 bridgehead atoms. The monoisotopic (exact) mass is 371 g/mol. The second-order valence-corrected chi connectivity index (χ2v) is 9.30. The Hall–Kier alpha value is -1.64. The lowest BCUT2D eigenvalue weighted by Crippen LogP contribution is -2.56. The van der Waals surface area contributed by atoms with E-state index in [-0.39, 0.29) is 17.7 Å². The first-order valence-electron chi connectivity index (χ1n) is 8.89. The van der Waals surface area contributed by atoms with E-state index >= 15 is 0 Å². The molecule has 1 heterocycles. The van der Waals surface area contributed by atoms with Crippen LogP contribution in [0.5, 0.6) is 0 Å². The van der Waals surface area contributed by atoms with Gasteiger partial charge in [-0.1, -0.05) is 13.8 Å². The summed E-state index contributed by atoms with van der Waals surface area (Å²) in [6.45, 7) is 4.08. The first-order chi connectivity index (χ1) is 11.7. The molecule has 1 saturated heterocycles. The van der Waals surface area contributed by atoms with Gasteiger partial charge in [-0.05, 0) is 38.0 Å². The fraction of sp³-hybridized carbons (Fsp3) is 0.812. The molecule has 3 unspecified atom stereocenters. The SMILES string of the molecule is CCC(=O)N1CCCC1C(=O)NC1(C(=O)NS(=O)(=O)C2CC2)CC1C. The summed E-state index contributed by atoms with van der Waals surface area (Å²) in [6, 6.07) is -0.579. The third-order valence-electron chi connectivity index (χ3n) is 5.44. The molecule has 0 spiro atoms. The van der Waals surface area contributed by atoms with Crippen LogP contribution in [-0.4, -0.2) is 54.4 Å². The maximum Gasteiger partial charge on any atom is 0.259 e. The molecule has 3 atom stereocenters. The van der Waals surface area contributed by atoms with E-state index in [4.69, 9.17) is 0 Å². The fourth-order valence-electron chi connectivity index (χ4n) is 3.50. The van der Waals surface area contributed by atoms with Crippen molar-refractivity contribution in [3.05, 3.63) is 0 Å². The van der Waals surface area contributed by atoms with Crippen molar-refractivity contribution in [3.63, 3.8) is 0 Å². The number of sulfonamides is 1. The zero-order valence-electron chi connectivity index (χ0n) is 14.6. The van der Waals surface area contributed by atoms with Crippen molar-refractivity contribution in [2.24, 2.45) is 5.92 Å². The maximum absolute atomic E-state index is 12.7. The summed E-state index contributed by atoms with van der Waals surface area (Å²) in [5, 5.41) is 2.25. The summed E-state index contributed by atoms with van der Waals surface area (Å²) in [4.78, 5) is 38.7. The molecular weight excluding hydrogens is 346 g/mol. The molecule has 0 aromatic carbocycles. The number of nitrogens with zero attached hydrogens (tertiary/aromatic N) is 1. The Morgan fingerprint density at radius 1 is 1.20 bits per heavy atom. The second kappa shape index (κ2) is 6.26. The Bertz CT molecular complexity index is 703. The lowest BCUT2D eigenvalue weighted by molar-refractivity contribution is -0.139. The highest BCUT2D eigenvalue weighted by Crippen LogP contribution is 2.44. The second-order valence-electron chi connectivity index (χ2n) is 7.34. The Labute approximate surface area is 147 Å². The van der Waals surface area contributed by atoms with Gasteiger partial charge in [0, 0.05) is 13.0 Å². The van der Waals surface area contributed by atoms with Crippen LogP contribution >= 0.6 is 0 Å². The summed E-state index contributed by atoms with van der Waals surface area (Å²) in [5.41, 5.74) is -1.18. The van der Waals surface area contributed by atoms with E-state index in [0.29, 0.717) is 38.6 Å². The molecule has 2 aliphatic carbocycles. The highest BCUT2D eigenvalue weighted by Gasteiger charge is 2.60. The molecule has 3 aliphatic rings. The number of hydrogen-bond donors (Lipinski definition) is 2. The molecule has 9 heteroatoms. The highest BCUT2D eigenvalue weighted by atomic mass is 32.2. The van der Waals surface area contributed by atoms with Gasteiger partial charge in [0.05, 0.1) is 5.25 Å². The van der Waals surface area contributed by atoms with Gasteiger partial charge in [0.2, 0.25) is 21.8 Å². The molecule has 3 fully saturated rings. The van der Waals surface area contributed by atoms with E-state index in [0.717, 1.165) is 6.42 Å². The predicted octanol–water partition coefficient (Wildman–Crippen LogP) is -0.109. The minimum Gasteiger partial charge on any atom is -0.340 e. The average molecular weight is 371 g/mol. The van der Waals surface area contributed by atoms with Crippen molar-refractivity contribution in [2.45, 2.75) is 69.2 Å². The molecule has 140 valence electrons. The molecule has 0 radical (unpaired) electrons. The number of hydrogen-bond acceptors (Lipinski definition) is 5. The van der Waals surface area contributed by atoms with Crippen LogP contribution in [0.25, 0.3) is 0 Å². The molecule has 2 N–H and O–H groups in total. The molecule has 8 nitrogen and oxygen atoms in total. The molecular formula is C16H25N3O5S. The average Bonchev–Trinajstić information content (AvgIpc) is 3.45. The number of rotatable bonds is 6. The van der Waals surface area contributed by atoms with Crippen molar-refractivity contribution in [2.75, 3.05) is 6.54 Å². The van der Waals surface area contributed by atoms with Gasteiger partial charge in [0.15, 0.2) is 0 Å². The van der Waals surface area contributed by atoms with Crippen LogP contribution in [-0.2, 0) is 24.4 Å². The van der Waals surface area contributed by atoms with Crippen LogP contribution in [0, 0.1) is 5.92 Å². The van der Waals surface area contributed by atoms with Crippen molar-refractivity contribution < 1.29 is 22.8 Å². The lowest BCUT2D eigenvalue weighted by atomic mass is 10.1. The number of amides is 3. The summed E-state index contributed by atoms with van der Waals surface area (Å²) >= 11 is 0. The Morgan fingerprint density at radius 3 is 2.36 bits per heavy atom. The summed E-state index contributed by atoms with van der Waals surface area (Å²) in [6.07, 6.45) is 3.16. The molecule has 0 aromatic rings. The van der Waals surface area contributed by atoms with E-state index < -0.39 is 32.8 Å². The zero-order valence-corrected chi connectivity index (χ0v) is 15.4. The zero-order chi connectivity index (χ0) is 18.4. The minimum absolute atomic E-state index is 0.0868. The van der Waals surface area contributed by atoms with Gasteiger partial charge >= 0.3 is 0 Å². The van der Waals surface area contributed by atoms with E-state index in [1.165, 1.54) is 0 Å². The number of nitrogens with one attached hydrogen (secondary N) is 2. The first-order valence-corrected chi connectivity index (χ1v) is 10.4. The normalized spacial score (nSPS) is 31.5. The molecule has 0 aromatic heterocycles. The molecule has 2 saturated carbocycles. The van der Waals surface area contributed by atoms with Crippen molar-refractivity contribution in [3.8, 4) is 0 Å². The summed E-state index contributed by atoms with van der Waals surface area (Å²) < 4.78 is 26.1. The maximum atomic E-state index is 12.7. The van der Waals surface area contributed by atoms with Crippen LogP contribution in [0.15, 0.2) is 0 Å². The van der Waals surface area contributed by atoms with Crippen molar-refractivity contribution >= 4 is 27.7 Å². The smallest absolute Gasteiger partial charge is 0.259 e. The molecule has 1 aliphatic heterocycles.